The molecule has 0 fully saturated rings. The quantitative estimate of drug-likeness (QED) is 0.648. The van der Waals surface area contributed by atoms with Gasteiger partial charge in [0.15, 0.2) is 6.10 Å². The number of hydrogen-bond donors (Lipinski definition) is 0. The first-order valence-corrected chi connectivity index (χ1v) is 8.96. The van der Waals surface area contributed by atoms with Gasteiger partial charge in [0.25, 0.3) is 5.91 Å². The van der Waals surface area contributed by atoms with Gasteiger partial charge in [-0.25, -0.2) is 9.48 Å². The van der Waals surface area contributed by atoms with E-state index >= 15 is 0 Å². The number of rotatable bonds is 5. The summed E-state index contributed by atoms with van der Waals surface area (Å²) in [6.45, 7) is 1.56. The summed E-state index contributed by atoms with van der Waals surface area (Å²) in [5.74, 6) is -0.843. The van der Waals surface area contributed by atoms with Crippen molar-refractivity contribution in [1.29, 1.82) is 0 Å². The maximum absolute atomic E-state index is 12.7. The van der Waals surface area contributed by atoms with Crippen LogP contribution in [0, 0.1) is 0 Å². The van der Waals surface area contributed by atoms with Gasteiger partial charge in [0.1, 0.15) is 11.3 Å². The molecule has 134 valence electrons. The number of carbonyl (C=O) groups excluding carboxylic acids is 2. The Bertz CT molecular complexity index is 902. The van der Waals surface area contributed by atoms with Gasteiger partial charge in [-0.05, 0) is 30.5 Å². The van der Waals surface area contributed by atoms with Crippen molar-refractivity contribution in [3.05, 3.63) is 59.6 Å². The van der Waals surface area contributed by atoms with Crippen molar-refractivity contribution in [2.75, 3.05) is 14.1 Å². The topological polar surface area (TPSA) is 64.4 Å². The number of amides is 1. The Labute approximate surface area is 155 Å². The van der Waals surface area contributed by atoms with E-state index in [2.05, 4.69) is 5.10 Å². The standard InChI is InChI=1S/C19H19N3O3S/c1-13(18(23)21(2)3)25-19(24)15-12-22(14-8-5-4-6-9-14)20-17(15)16-10-7-11-26-16/h4-13H,1-3H3/t13-/m0/s1. The zero-order valence-corrected chi connectivity index (χ0v) is 15.6. The predicted molar refractivity (Wildman–Crippen MR) is 100 cm³/mol. The first-order valence-electron chi connectivity index (χ1n) is 8.08. The summed E-state index contributed by atoms with van der Waals surface area (Å²) in [6.07, 6.45) is 0.772. The molecule has 2 heterocycles. The van der Waals surface area contributed by atoms with Gasteiger partial charge >= 0.3 is 5.97 Å². The lowest BCUT2D eigenvalue weighted by Crippen LogP contribution is -2.34. The molecule has 0 N–H and O–H groups in total. The van der Waals surface area contributed by atoms with Crippen LogP contribution in [-0.4, -0.2) is 46.8 Å². The Morgan fingerprint density at radius 3 is 2.50 bits per heavy atom. The summed E-state index contributed by atoms with van der Waals surface area (Å²) >= 11 is 1.49. The molecule has 0 saturated heterocycles. The van der Waals surface area contributed by atoms with E-state index < -0.39 is 12.1 Å². The van der Waals surface area contributed by atoms with E-state index in [1.165, 1.54) is 16.2 Å². The van der Waals surface area contributed by atoms with E-state index in [1.54, 1.807) is 31.9 Å². The summed E-state index contributed by atoms with van der Waals surface area (Å²) in [7, 11) is 3.24. The molecule has 1 atom stereocenters. The van der Waals surface area contributed by atoms with Crippen molar-refractivity contribution >= 4 is 23.2 Å². The van der Waals surface area contributed by atoms with E-state index in [-0.39, 0.29) is 5.91 Å². The minimum Gasteiger partial charge on any atom is -0.449 e. The fourth-order valence-corrected chi connectivity index (χ4v) is 3.19. The highest BCUT2D eigenvalue weighted by molar-refractivity contribution is 7.13. The molecule has 3 rings (SSSR count). The number of likely N-dealkylation sites (N-methyl/N-ethyl adjacent to an activating group) is 1. The smallest absolute Gasteiger partial charge is 0.342 e. The predicted octanol–water partition coefficient (Wildman–Crippen LogP) is 3.23. The van der Waals surface area contributed by atoms with Crippen molar-refractivity contribution in [3.63, 3.8) is 0 Å². The molecule has 7 heteroatoms. The summed E-state index contributed by atoms with van der Waals surface area (Å²) < 4.78 is 7.01. The van der Waals surface area contributed by atoms with Crippen LogP contribution >= 0.6 is 11.3 Å². The van der Waals surface area contributed by atoms with Gasteiger partial charge in [0, 0.05) is 20.3 Å². The Hall–Kier alpha value is -2.93. The van der Waals surface area contributed by atoms with E-state index in [9.17, 15) is 9.59 Å². The zero-order valence-electron chi connectivity index (χ0n) is 14.7. The lowest BCUT2D eigenvalue weighted by molar-refractivity contribution is -0.137. The normalized spacial score (nSPS) is 11.8. The minimum absolute atomic E-state index is 0.272. The molecule has 0 unspecified atom stereocenters. The average Bonchev–Trinajstić information content (AvgIpc) is 3.30. The molecule has 0 aliphatic heterocycles. The molecule has 0 spiro atoms. The Morgan fingerprint density at radius 1 is 1.15 bits per heavy atom. The molecule has 1 amide bonds. The molecule has 3 aromatic rings. The first kappa shape index (κ1) is 17.9. The molecule has 0 radical (unpaired) electrons. The second kappa shape index (κ2) is 7.53. The van der Waals surface area contributed by atoms with Crippen molar-refractivity contribution in [3.8, 4) is 16.3 Å². The highest BCUT2D eigenvalue weighted by Crippen LogP contribution is 2.28. The fraction of sp³-hybridized carbons (Fsp3) is 0.211. The second-order valence-electron chi connectivity index (χ2n) is 5.93. The number of ether oxygens (including phenoxy) is 1. The number of thiophene rings is 1. The summed E-state index contributed by atoms with van der Waals surface area (Å²) in [5.41, 5.74) is 1.70. The Morgan fingerprint density at radius 2 is 1.88 bits per heavy atom. The van der Waals surface area contributed by atoms with Gasteiger partial charge in [0.05, 0.1) is 10.6 Å². The largest absolute Gasteiger partial charge is 0.449 e. The van der Waals surface area contributed by atoms with Crippen LogP contribution in [0.5, 0.6) is 0 Å². The van der Waals surface area contributed by atoms with Crippen molar-refractivity contribution in [1.82, 2.24) is 14.7 Å². The van der Waals surface area contributed by atoms with E-state index in [4.69, 9.17) is 4.74 Å². The third-order valence-corrected chi connectivity index (χ3v) is 4.66. The zero-order chi connectivity index (χ0) is 18.7. The van der Waals surface area contributed by atoms with Crippen LogP contribution in [0.25, 0.3) is 16.3 Å². The molecular weight excluding hydrogens is 350 g/mol. The molecule has 0 aliphatic carbocycles. The van der Waals surface area contributed by atoms with Crippen LogP contribution in [0.15, 0.2) is 54.0 Å². The lowest BCUT2D eigenvalue weighted by atomic mass is 10.2. The molecular formula is C19H19N3O3S. The third-order valence-electron chi connectivity index (χ3n) is 3.78. The summed E-state index contributed by atoms with van der Waals surface area (Å²) in [5, 5.41) is 6.48. The van der Waals surface area contributed by atoms with Gasteiger partial charge < -0.3 is 9.64 Å². The fourth-order valence-electron chi connectivity index (χ4n) is 2.47. The number of aromatic nitrogens is 2. The van der Waals surface area contributed by atoms with Gasteiger partial charge in [-0.2, -0.15) is 5.10 Å². The monoisotopic (exact) mass is 369 g/mol. The van der Waals surface area contributed by atoms with Crippen LogP contribution < -0.4 is 0 Å². The van der Waals surface area contributed by atoms with E-state index in [0.29, 0.717) is 11.3 Å². The number of para-hydroxylation sites is 1. The first-order chi connectivity index (χ1) is 12.5. The number of carbonyl (C=O) groups is 2. The second-order valence-corrected chi connectivity index (χ2v) is 6.88. The van der Waals surface area contributed by atoms with E-state index in [1.807, 2.05) is 47.8 Å². The van der Waals surface area contributed by atoms with Crippen molar-refractivity contribution in [2.45, 2.75) is 13.0 Å². The van der Waals surface area contributed by atoms with Crippen LogP contribution in [0.2, 0.25) is 0 Å². The highest BCUT2D eigenvalue weighted by atomic mass is 32.1. The maximum atomic E-state index is 12.7. The molecule has 2 aromatic heterocycles. The van der Waals surface area contributed by atoms with Gasteiger partial charge in [-0.1, -0.05) is 24.3 Å². The number of esters is 1. The van der Waals surface area contributed by atoms with Crippen LogP contribution in [-0.2, 0) is 9.53 Å². The maximum Gasteiger partial charge on any atom is 0.342 e. The Balaban J connectivity index is 1.96. The van der Waals surface area contributed by atoms with Gasteiger partial charge in [-0.15, -0.1) is 11.3 Å². The minimum atomic E-state index is -0.867. The SMILES string of the molecule is C[C@H](OC(=O)c1cn(-c2ccccc2)nc1-c1cccs1)C(=O)N(C)C. The molecule has 1 aromatic carbocycles. The molecule has 0 saturated carbocycles. The third kappa shape index (κ3) is 3.67. The Kier molecular flexibility index (Phi) is 5.18. The number of benzene rings is 1. The number of hydrogen-bond acceptors (Lipinski definition) is 5. The molecule has 0 bridgehead atoms. The van der Waals surface area contributed by atoms with Gasteiger partial charge in [0.2, 0.25) is 0 Å². The van der Waals surface area contributed by atoms with Gasteiger partial charge in [-0.3, -0.25) is 4.79 Å². The lowest BCUT2D eigenvalue weighted by Gasteiger charge is -2.17. The van der Waals surface area contributed by atoms with Crippen LogP contribution in [0.3, 0.4) is 0 Å². The molecule has 6 nitrogen and oxygen atoms in total. The van der Waals surface area contributed by atoms with Crippen molar-refractivity contribution < 1.29 is 14.3 Å². The van der Waals surface area contributed by atoms with E-state index in [0.717, 1.165) is 10.6 Å². The average molecular weight is 369 g/mol. The molecule has 26 heavy (non-hydrogen) atoms. The summed E-state index contributed by atoms with van der Waals surface area (Å²) in [4.78, 5) is 26.9. The van der Waals surface area contributed by atoms with Crippen LogP contribution in [0.4, 0.5) is 0 Å². The number of nitrogens with zero attached hydrogens (tertiary/aromatic N) is 3. The highest BCUT2D eigenvalue weighted by Gasteiger charge is 2.25. The molecule has 0 aliphatic rings. The van der Waals surface area contributed by atoms with Crippen molar-refractivity contribution in [2.24, 2.45) is 0 Å². The summed E-state index contributed by atoms with van der Waals surface area (Å²) in [6, 6.07) is 13.3. The van der Waals surface area contributed by atoms with Crippen LogP contribution in [0.1, 0.15) is 17.3 Å².